The van der Waals surface area contributed by atoms with E-state index in [-0.39, 0.29) is 11.9 Å². The average molecular weight is 390 g/mol. The molecule has 4 nitrogen and oxygen atoms in total. The smallest absolute Gasteiger partial charge is 0.318 e. The quantitative estimate of drug-likeness (QED) is 0.671. The van der Waals surface area contributed by atoms with Gasteiger partial charge < -0.3 is 14.2 Å². The maximum absolute atomic E-state index is 13.4. The fraction of sp³-hybridized carbons (Fsp3) is 0.400. The van der Waals surface area contributed by atoms with Crippen LogP contribution < -0.4 is 9.47 Å². The first-order valence-electron chi connectivity index (χ1n) is 10.4. The molecule has 5 rings (SSSR count). The van der Waals surface area contributed by atoms with Crippen molar-refractivity contribution in [2.75, 3.05) is 14.2 Å². The standard InChI is InChI=1S/C25H26O4/c1-27-20-12-10-17(15-21(20)28-2)22-19-11-9-16-7-3-4-8-18(16)23(19)29-24(26)25(22)13-5-6-14-25/h3-4,7-8,10,12,15,22H,5-6,9,11,13-14H2,1-2H3. The number of allylic oxidation sites excluding steroid dienone is 1. The molecule has 2 aromatic rings. The Labute approximate surface area is 171 Å². The number of hydrogen-bond acceptors (Lipinski definition) is 4. The largest absolute Gasteiger partial charge is 0.493 e. The van der Waals surface area contributed by atoms with Crippen LogP contribution in [0.15, 0.2) is 48.0 Å². The van der Waals surface area contributed by atoms with Gasteiger partial charge in [-0.1, -0.05) is 43.2 Å². The number of rotatable bonds is 3. The van der Waals surface area contributed by atoms with Gasteiger partial charge >= 0.3 is 5.97 Å². The lowest BCUT2D eigenvalue weighted by molar-refractivity contribution is -0.151. The molecule has 1 unspecified atom stereocenters. The molecule has 1 aliphatic heterocycles. The van der Waals surface area contributed by atoms with Crippen LogP contribution in [0.5, 0.6) is 11.5 Å². The van der Waals surface area contributed by atoms with Crippen molar-refractivity contribution in [1.82, 2.24) is 0 Å². The van der Waals surface area contributed by atoms with Crippen LogP contribution in [0.4, 0.5) is 0 Å². The van der Waals surface area contributed by atoms with Crippen molar-refractivity contribution < 1.29 is 19.0 Å². The van der Waals surface area contributed by atoms with Crippen LogP contribution in [0.1, 0.15) is 54.7 Å². The second kappa shape index (κ2) is 6.94. The molecule has 2 aromatic carbocycles. The highest BCUT2D eigenvalue weighted by Crippen LogP contribution is 2.59. The fourth-order valence-corrected chi connectivity index (χ4v) is 5.61. The zero-order valence-corrected chi connectivity index (χ0v) is 17.0. The van der Waals surface area contributed by atoms with E-state index in [2.05, 4.69) is 24.3 Å². The number of ether oxygens (including phenoxy) is 3. The summed E-state index contributed by atoms with van der Waals surface area (Å²) in [6, 6.07) is 14.4. The van der Waals surface area contributed by atoms with Crippen molar-refractivity contribution in [2.45, 2.75) is 44.4 Å². The maximum Gasteiger partial charge on any atom is 0.318 e. The molecule has 1 spiro atoms. The second-order valence-electron chi connectivity index (χ2n) is 8.31. The zero-order valence-electron chi connectivity index (χ0n) is 17.0. The Morgan fingerprint density at radius 3 is 2.48 bits per heavy atom. The van der Waals surface area contributed by atoms with E-state index >= 15 is 0 Å². The second-order valence-corrected chi connectivity index (χ2v) is 8.31. The molecule has 3 aliphatic rings. The average Bonchev–Trinajstić information content (AvgIpc) is 3.25. The molecule has 1 heterocycles. The number of methoxy groups -OCH3 is 2. The summed E-state index contributed by atoms with van der Waals surface area (Å²) in [5.41, 5.74) is 4.24. The highest BCUT2D eigenvalue weighted by atomic mass is 16.5. The van der Waals surface area contributed by atoms with Gasteiger partial charge in [-0.3, -0.25) is 4.79 Å². The Kier molecular flexibility index (Phi) is 4.38. The first-order chi connectivity index (χ1) is 14.2. The van der Waals surface area contributed by atoms with Gasteiger partial charge in [-0.15, -0.1) is 0 Å². The summed E-state index contributed by atoms with van der Waals surface area (Å²) in [5, 5.41) is 0. The molecule has 1 fully saturated rings. The van der Waals surface area contributed by atoms with Gasteiger partial charge in [0.2, 0.25) is 0 Å². The van der Waals surface area contributed by atoms with E-state index in [9.17, 15) is 4.79 Å². The van der Waals surface area contributed by atoms with Gasteiger partial charge in [0, 0.05) is 11.5 Å². The zero-order chi connectivity index (χ0) is 20.0. The van der Waals surface area contributed by atoms with Crippen molar-refractivity contribution in [3.63, 3.8) is 0 Å². The summed E-state index contributed by atoms with van der Waals surface area (Å²) < 4.78 is 17.1. The summed E-state index contributed by atoms with van der Waals surface area (Å²) >= 11 is 0. The van der Waals surface area contributed by atoms with Crippen LogP contribution in [0, 0.1) is 5.41 Å². The number of esters is 1. The number of benzene rings is 2. The van der Waals surface area contributed by atoms with Crippen molar-refractivity contribution in [1.29, 1.82) is 0 Å². The van der Waals surface area contributed by atoms with Crippen LogP contribution in [0.2, 0.25) is 0 Å². The van der Waals surface area contributed by atoms with Gasteiger partial charge in [-0.05, 0) is 54.5 Å². The molecule has 150 valence electrons. The minimum Gasteiger partial charge on any atom is -0.493 e. The van der Waals surface area contributed by atoms with Crippen molar-refractivity contribution in [3.8, 4) is 11.5 Å². The summed E-state index contributed by atoms with van der Waals surface area (Å²) in [5.74, 6) is 2.16. The predicted molar refractivity (Wildman–Crippen MR) is 111 cm³/mol. The normalized spacial score (nSPS) is 22.1. The Bertz CT molecular complexity index is 998. The molecule has 2 aliphatic carbocycles. The molecule has 0 N–H and O–H groups in total. The molecule has 0 radical (unpaired) electrons. The van der Waals surface area contributed by atoms with Crippen LogP contribution in [-0.4, -0.2) is 20.2 Å². The number of carbonyl (C=O) groups is 1. The van der Waals surface area contributed by atoms with E-state index in [0.29, 0.717) is 11.5 Å². The minimum absolute atomic E-state index is 0.0226. The lowest BCUT2D eigenvalue weighted by Crippen LogP contribution is -2.42. The molecular weight excluding hydrogens is 364 g/mol. The van der Waals surface area contributed by atoms with Gasteiger partial charge in [-0.2, -0.15) is 0 Å². The molecule has 1 atom stereocenters. The number of carbonyl (C=O) groups excluding carboxylic acids is 1. The van der Waals surface area contributed by atoms with E-state index < -0.39 is 5.41 Å². The summed E-state index contributed by atoms with van der Waals surface area (Å²) in [4.78, 5) is 13.4. The van der Waals surface area contributed by atoms with E-state index in [4.69, 9.17) is 14.2 Å². The first kappa shape index (κ1) is 18.3. The predicted octanol–water partition coefficient (Wildman–Crippen LogP) is 5.26. The van der Waals surface area contributed by atoms with Gasteiger partial charge in [-0.25, -0.2) is 0 Å². The molecule has 0 aromatic heterocycles. The topological polar surface area (TPSA) is 44.8 Å². The minimum atomic E-state index is -0.468. The van der Waals surface area contributed by atoms with Crippen molar-refractivity contribution in [3.05, 3.63) is 64.7 Å². The van der Waals surface area contributed by atoms with E-state index in [1.165, 1.54) is 11.1 Å². The van der Waals surface area contributed by atoms with E-state index in [0.717, 1.165) is 55.4 Å². The Morgan fingerprint density at radius 2 is 1.72 bits per heavy atom. The van der Waals surface area contributed by atoms with Crippen molar-refractivity contribution >= 4 is 11.7 Å². The molecule has 4 heteroatoms. The van der Waals surface area contributed by atoms with E-state index in [1.807, 2.05) is 18.2 Å². The molecular formula is C25H26O4. The molecule has 1 saturated carbocycles. The summed E-state index contributed by atoms with van der Waals surface area (Å²) in [6.45, 7) is 0. The molecule has 0 saturated heterocycles. The monoisotopic (exact) mass is 390 g/mol. The molecule has 0 amide bonds. The lowest BCUT2D eigenvalue weighted by atomic mass is 9.63. The lowest BCUT2D eigenvalue weighted by Gasteiger charge is -2.43. The first-order valence-corrected chi connectivity index (χ1v) is 10.4. The third-order valence-corrected chi connectivity index (χ3v) is 6.96. The van der Waals surface area contributed by atoms with Gasteiger partial charge in [0.05, 0.1) is 19.6 Å². The highest BCUT2D eigenvalue weighted by molar-refractivity contribution is 5.90. The number of hydrogen-bond donors (Lipinski definition) is 0. The van der Waals surface area contributed by atoms with Gasteiger partial charge in [0.25, 0.3) is 0 Å². The van der Waals surface area contributed by atoms with Gasteiger partial charge in [0.15, 0.2) is 11.5 Å². The third-order valence-electron chi connectivity index (χ3n) is 6.96. The maximum atomic E-state index is 13.4. The molecule has 0 bridgehead atoms. The summed E-state index contributed by atoms with van der Waals surface area (Å²) in [7, 11) is 3.30. The van der Waals surface area contributed by atoms with Gasteiger partial charge in [0.1, 0.15) is 5.76 Å². The van der Waals surface area contributed by atoms with E-state index in [1.54, 1.807) is 14.2 Å². The van der Waals surface area contributed by atoms with Crippen LogP contribution in [0.3, 0.4) is 0 Å². The van der Waals surface area contributed by atoms with Crippen molar-refractivity contribution in [2.24, 2.45) is 5.41 Å². The van der Waals surface area contributed by atoms with Crippen LogP contribution >= 0.6 is 0 Å². The third kappa shape index (κ3) is 2.69. The number of fused-ring (bicyclic) bond motifs is 2. The number of aryl methyl sites for hydroxylation is 1. The summed E-state index contributed by atoms with van der Waals surface area (Å²) in [6.07, 6.45) is 5.79. The highest BCUT2D eigenvalue weighted by Gasteiger charge is 2.55. The Balaban J connectivity index is 1.72. The van der Waals surface area contributed by atoms with Crippen LogP contribution in [-0.2, 0) is 16.0 Å². The Morgan fingerprint density at radius 1 is 0.966 bits per heavy atom. The molecule has 29 heavy (non-hydrogen) atoms. The Hall–Kier alpha value is -2.75. The SMILES string of the molecule is COc1ccc(C2C3=C(OC(=O)C24CCCC4)c2ccccc2CC3)cc1OC. The van der Waals surface area contributed by atoms with Crippen LogP contribution in [0.25, 0.3) is 5.76 Å². The fourth-order valence-electron chi connectivity index (χ4n) is 5.61.